The highest BCUT2D eigenvalue weighted by Gasteiger charge is 2.27. The molecule has 5 aromatic rings. The fourth-order valence-electron chi connectivity index (χ4n) is 4.12. The summed E-state index contributed by atoms with van der Waals surface area (Å²) in [7, 11) is 0. The van der Waals surface area contributed by atoms with Gasteiger partial charge >= 0.3 is 0 Å². The Morgan fingerprint density at radius 2 is 1.09 bits per heavy atom. The largest absolute Gasteiger partial charge is 0.376 e. The minimum absolute atomic E-state index is 0.00970. The molecule has 32 heavy (non-hydrogen) atoms. The Labute approximate surface area is 189 Å². The van der Waals surface area contributed by atoms with Crippen molar-refractivity contribution in [3.05, 3.63) is 145 Å². The average molecular weight is 416 g/mol. The molecule has 4 aromatic carbocycles. The predicted octanol–water partition coefficient (Wildman–Crippen LogP) is 6.99. The van der Waals surface area contributed by atoms with Gasteiger partial charge in [0.25, 0.3) is 0 Å². The Balaban J connectivity index is 1.62. The molecule has 0 saturated heterocycles. The molecule has 0 aliphatic carbocycles. The van der Waals surface area contributed by atoms with Gasteiger partial charge in [-0.2, -0.15) is 5.10 Å². The van der Waals surface area contributed by atoms with Gasteiger partial charge in [-0.15, -0.1) is 0 Å². The topological polar surface area (TPSA) is 29.9 Å². The lowest BCUT2D eigenvalue weighted by Crippen LogP contribution is -2.26. The third-order valence-electron chi connectivity index (χ3n) is 5.67. The lowest BCUT2D eigenvalue weighted by Gasteiger charge is -2.30. The van der Waals surface area contributed by atoms with Crippen molar-refractivity contribution in [2.75, 3.05) is 5.32 Å². The smallest absolute Gasteiger partial charge is 0.101 e. The van der Waals surface area contributed by atoms with Crippen molar-refractivity contribution in [1.82, 2.24) is 9.78 Å². The minimum Gasteiger partial charge on any atom is -0.376 e. The van der Waals surface area contributed by atoms with Crippen LogP contribution in [0.25, 0.3) is 11.3 Å². The molecule has 0 radical (unpaired) electrons. The zero-order chi connectivity index (χ0) is 21.6. The van der Waals surface area contributed by atoms with Crippen LogP contribution in [0.5, 0.6) is 0 Å². The van der Waals surface area contributed by atoms with Crippen LogP contribution in [-0.2, 0) is 0 Å². The molecule has 0 aliphatic heterocycles. The molecule has 5 rings (SSSR count). The van der Waals surface area contributed by atoms with Crippen LogP contribution in [0, 0.1) is 0 Å². The normalized spacial score (nSPS) is 12.8. The van der Waals surface area contributed by atoms with E-state index in [0.29, 0.717) is 0 Å². The fourth-order valence-corrected chi connectivity index (χ4v) is 4.12. The van der Waals surface area contributed by atoms with Crippen LogP contribution in [0.1, 0.15) is 23.2 Å². The fraction of sp³-hybridized carbons (Fsp3) is 0.0690. The van der Waals surface area contributed by atoms with Gasteiger partial charge in [-0.1, -0.05) is 109 Å². The van der Waals surface area contributed by atoms with E-state index in [1.807, 2.05) is 24.3 Å². The van der Waals surface area contributed by atoms with Gasteiger partial charge in [-0.3, -0.25) is 4.68 Å². The molecule has 1 heterocycles. The summed E-state index contributed by atoms with van der Waals surface area (Å²) < 4.78 is 2.09. The van der Waals surface area contributed by atoms with Gasteiger partial charge in [0, 0.05) is 17.4 Å². The van der Waals surface area contributed by atoms with E-state index in [1.54, 1.807) is 0 Å². The van der Waals surface area contributed by atoms with Crippen molar-refractivity contribution in [2.24, 2.45) is 0 Å². The van der Waals surface area contributed by atoms with Gasteiger partial charge in [0.05, 0.1) is 11.7 Å². The van der Waals surface area contributed by atoms with E-state index < -0.39 is 0 Å². The van der Waals surface area contributed by atoms with E-state index in [0.717, 1.165) is 16.9 Å². The molecule has 0 saturated carbocycles. The zero-order valence-corrected chi connectivity index (χ0v) is 17.8. The summed E-state index contributed by atoms with van der Waals surface area (Å²) in [4.78, 5) is 0. The maximum atomic E-state index is 5.02. The number of para-hydroxylation sites is 1. The monoisotopic (exact) mass is 415 g/mol. The van der Waals surface area contributed by atoms with Crippen LogP contribution in [0.2, 0.25) is 0 Å². The minimum atomic E-state index is -0.0312. The Kier molecular flexibility index (Phi) is 5.80. The maximum absolute atomic E-state index is 5.02. The average Bonchev–Trinajstić information content (AvgIpc) is 3.36. The molecule has 0 bridgehead atoms. The van der Waals surface area contributed by atoms with Crippen LogP contribution in [0.15, 0.2) is 134 Å². The van der Waals surface area contributed by atoms with Crippen LogP contribution in [0.3, 0.4) is 0 Å². The SMILES string of the molecule is c1ccc(N[C@@H](c2ccccc2)[C@H](c2ccccc2)n2ccc(-c3ccccc3)n2)cc1. The number of nitrogens with one attached hydrogen (secondary N) is 1. The van der Waals surface area contributed by atoms with Gasteiger partial charge < -0.3 is 5.32 Å². The van der Waals surface area contributed by atoms with Crippen LogP contribution < -0.4 is 5.32 Å². The lowest BCUT2D eigenvalue weighted by molar-refractivity contribution is 0.464. The van der Waals surface area contributed by atoms with Crippen LogP contribution in [0.4, 0.5) is 5.69 Å². The number of hydrogen-bond donors (Lipinski definition) is 1. The highest BCUT2D eigenvalue weighted by atomic mass is 15.3. The molecule has 156 valence electrons. The summed E-state index contributed by atoms with van der Waals surface area (Å²) in [5.74, 6) is 0. The first kappa shape index (κ1) is 19.8. The molecule has 3 nitrogen and oxygen atoms in total. The molecule has 0 spiro atoms. The molecule has 3 heteroatoms. The van der Waals surface area contributed by atoms with Gasteiger partial charge in [0.2, 0.25) is 0 Å². The third-order valence-corrected chi connectivity index (χ3v) is 5.67. The molecule has 1 aromatic heterocycles. The van der Waals surface area contributed by atoms with Crippen molar-refractivity contribution in [3.63, 3.8) is 0 Å². The predicted molar refractivity (Wildman–Crippen MR) is 131 cm³/mol. The molecule has 0 unspecified atom stereocenters. The van der Waals surface area contributed by atoms with E-state index in [1.165, 1.54) is 11.1 Å². The second-order valence-electron chi connectivity index (χ2n) is 7.80. The molecule has 0 aliphatic rings. The first-order chi connectivity index (χ1) is 15.9. The van der Waals surface area contributed by atoms with Gasteiger partial charge in [-0.25, -0.2) is 0 Å². The van der Waals surface area contributed by atoms with Gasteiger partial charge in [0.15, 0.2) is 0 Å². The number of nitrogens with zero attached hydrogens (tertiary/aromatic N) is 2. The molecule has 1 N–H and O–H groups in total. The Bertz CT molecular complexity index is 1230. The Morgan fingerprint density at radius 1 is 0.562 bits per heavy atom. The van der Waals surface area contributed by atoms with E-state index in [9.17, 15) is 0 Å². The van der Waals surface area contributed by atoms with E-state index in [-0.39, 0.29) is 12.1 Å². The van der Waals surface area contributed by atoms with Crippen LogP contribution >= 0.6 is 0 Å². The Morgan fingerprint density at radius 3 is 1.72 bits per heavy atom. The standard InChI is InChI=1S/C29H25N3/c1-5-13-23(14-6-1)27-21-22-32(31-27)29(25-17-9-3-10-18-25)28(24-15-7-2-8-16-24)30-26-19-11-4-12-20-26/h1-22,28-30H/t28-,29-/m0/s1. The number of anilines is 1. The van der Waals surface area contributed by atoms with Crippen molar-refractivity contribution in [1.29, 1.82) is 0 Å². The molecule has 2 atom stereocenters. The number of aromatic nitrogens is 2. The quantitative estimate of drug-likeness (QED) is 0.310. The summed E-state index contributed by atoms with van der Waals surface area (Å²) in [5, 5.41) is 8.80. The molecule has 0 amide bonds. The van der Waals surface area contributed by atoms with Gasteiger partial charge in [-0.05, 0) is 29.3 Å². The zero-order valence-electron chi connectivity index (χ0n) is 17.8. The Hall–Kier alpha value is -4.11. The summed E-state index contributed by atoms with van der Waals surface area (Å²) in [5.41, 5.74) is 5.58. The molecular formula is C29H25N3. The second kappa shape index (κ2) is 9.36. The first-order valence-corrected chi connectivity index (χ1v) is 10.9. The third kappa shape index (κ3) is 4.33. The van der Waals surface area contributed by atoms with Crippen molar-refractivity contribution >= 4 is 5.69 Å². The van der Waals surface area contributed by atoms with Gasteiger partial charge in [0.1, 0.15) is 6.04 Å². The summed E-state index contributed by atoms with van der Waals surface area (Å²) in [6, 6.07) is 43.9. The first-order valence-electron chi connectivity index (χ1n) is 10.9. The number of hydrogen-bond acceptors (Lipinski definition) is 2. The van der Waals surface area contributed by atoms with E-state index in [2.05, 4.69) is 119 Å². The van der Waals surface area contributed by atoms with Crippen molar-refractivity contribution in [3.8, 4) is 11.3 Å². The van der Waals surface area contributed by atoms with Crippen LogP contribution in [-0.4, -0.2) is 9.78 Å². The van der Waals surface area contributed by atoms with Crippen molar-refractivity contribution < 1.29 is 0 Å². The summed E-state index contributed by atoms with van der Waals surface area (Å²) in [6.45, 7) is 0. The van der Waals surface area contributed by atoms with E-state index in [4.69, 9.17) is 5.10 Å². The number of benzene rings is 4. The highest BCUT2D eigenvalue weighted by molar-refractivity contribution is 5.58. The van der Waals surface area contributed by atoms with Crippen molar-refractivity contribution in [2.45, 2.75) is 12.1 Å². The second-order valence-corrected chi connectivity index (χ2v) is 7.80. The highest BCUT2D eigenvalue weighted by Crippen LogP contribution is 2.35. The molecule has 0 fully saturated rings. The molecular weight excluding hydrogens is 390 g/mol. The summed E-state index contributed by atoms with van der Waals surface area (Å²) in [6.07, 6.45) is 2.09. The lowest BCUT2D eigenvalue weighted by atomic mass is 9.93. The number of rotatable bonds is 7. The maximum Gasteiger partial charge on any atom is 0.101 e. The summed E-state index contributed by atoms with van der Waals surface area (Å²) >= 11 is 0. The van der Waals surface area contributed by atoms with E-state index >= 15 is 0 Å².